The zero-order valence-electron chi connectivity index (χ0n) is 5.59. The van der Waals surface area contributed by atoms with E-state index in [-0.39, 0.29) is 0 Å². The second kappa shape index (κ2) is 4.69. The molecule has 1 atom stereocenters. The minimum absolute atomic E-state index is 0.532. The third kappa shape index (κ3) is 3.72. The molecule has 0 spiro atoms. The quantitative estimate of drug-likeness (QED) is 0.559. The van der Waals surface area contributed by atoms with Crippen LogP contribution in [-0.4, -0.2) is 5.11 Å². The maximum atomic E-state index is 8.28. The van der Waals surface area contributed by atoms with Crippen molar-refractivity contribution < 1.29 is 5.11 Å². The van der Waals surface area contributed by atoms with Gasteiger partial charge in [0.2, 0.25) is 0 Å². The third-order valence-corrected chi connectivity index (χ3v) is 1.16. The molecule has 1 nitrogen and oxygen atoms in total. The van der Waals surface area contributed by atoms with Crippen LogP contribution in [0.25, 0.3) is 0 Å². The van der Waals surface area contributed by atoms with Crippen molar-refractivity contribution in [1.82, 2.24) is 0 Å². The van der Waals surface area contributed by atoms with Gasteiger partial charge in [-0.15, -0.1) is 0 Å². The number of hydrogen-bond donors (Lipinski definition) is 1. The van der Waals surface area contributed by atoms with Crippen molar-refractivity contribution in [2.45, 2.75) is 26.7 Å². The molecule has 0 aromatic heterocycles. The van der Waals surface area contributed by atoms with Gasteiger partial charge in [-0.2, -0.15) is 0 Å². The molecule has 0 aliphatic rings. The van der Waals surface area contributed by atoms with Gasteiger partial charge < -0.3 is 5.11 Å². The predicted molar refractivity (Wildman–Crippen MR) is 35.8 cm³/mol. The Hall–Kier alpha value is -0.460. The average molecular weight is 114 g/mol. The molecule has 1 unspecified atom stereocenters. The van der Waals surface area contributed by atoms with E-state index in [0.29, 0.717) is 5.92 Å². The first-order valence-electron chi connectivity index (χ1n) is 3.12. The predicted octanol–water partition coefficient (Wildman–Crippen LogP) is 2.49. The van der Waals surface area contributed by atoms with Crippen LogP contribution in [0.2, 0.25) is 0 Å². The van der Waals surface area contributed by atoms with Gasteiger partial charge in [0.15, 0.2) is 0 Å². The summed E-state index contributed by atoms with van der Waals surface area (Å²) >= 11 is 0. The van der Waals surface area contributed by atoms with E-state index in [9.17, 15) is 0 Å². The molecular formula is C7H14O. The zero-order chi connectivity index (χ0) is 6.41. The van der Waals surface area contributed by atoms with Crippen LogP contribution >= 0.6 is 0 Å². The molecule has 0 aliphatic carbocycles. The van der Waals surface area contributed by atoms with E-state index < -0.39 is 0 Å². The highest BCUT2D eigenvalue weighted by Gasteiger charge is 1.91. The van der Waals surface area contributed by atoms with Gasteiger partial charge in [0.25, 0.3) is 0 Å². The standard InChI is InChI=1S/C7H14O/c1-3-4-7(2)5-6-8/h5-8H,3-4H2,1-2H3/b6-5-. The molecule has 0 radical (unpaired) electrons. The van der Waals surface area contributed by atoms with Crippen LogP contribution in [0.5, 0.6) is 0 Å². The fourth-order valence-corrected chi connectivity index (χ4v) is 0.698. The second-order valence-electron chi connectivity index (χ2n) is 2.11. The van der Waals surface area contributed by atoms with E-state index in [4.69, 9.17) is 5.11 Å². The number of hydrogen-bond acceptors (Lipinski definition) is 1. The summed E-state index contributed by atoms with van der Waals surface area (Å²) in [5.41, 5.74) is 0. The molecule has 0 bridgehead atoms. The first kappa shape index (κ1) is 7.54. The minimum Gasteiger partial charge on any atom is -0.516 e. The van der Waals surface area contributed by atoms with E-state index in [0.717, 1.165) is 12.7 Å². The van der Waals surface area contributed by atoms with Gasteiger partial charge in [-0.3, -0.25) is 0 Å². The lowest BCUT2D eigenvalue weighted by atomic mass is 10.1. The van der Waals surface area contributed by atoms with E-state index in [2.05, 4.69) is 13.8 Å². The summed E-state index contributed by atoms with van der Waals surface area (Å²) in [5.74, 6) is 0.532. The van der Waals surface area contributed by atoms with Crippen LogP contribution in [0, 0.1) is 5.92 Å². The third-order valence-electron chi connectivity index (χ3n) is 1.16. The molecule has 0 fully saturated rings. The molecule has 8 heavy (non-hydrogen) atoms. The Bertz CT molecular complexity index is 66.8. The Morgan fingerprint density at radius 3 is 2.62 bits per heavy atom. The van der Waals surface area contributed by atoms with Gasteiger partial charge in [0.1, 0.15) is 0 Å². The van der Waals surface area contributed by atoms with Crippen molar-refractivity contribution >= 4 is 0 Å². The van der Waals surface area contributed by atoms with Crippen molar-refractivity contribution in [1.29, 1.82) is 0 Å². The molecular weight excluding hydrogens is 100 g/mol. The van der Waals surface area contributed by atoms with Crippen LogP contribution in [0.1, 0.15) is 26.7 Å². The van der Waals surface area contributed by atoms with Crippen molar-refractivity contribution in [2.75, 3.05) is 0 Å². The Morgan fingerprint density at radius 1 is 1.62 bits per heavy atom. The highest BCUT2D eigenvalue weighted by molar-refractivity contribution is 4.77. The van der Waals surface area contributed by atoms with Gasteiger partial charge in [0, 0.05) is 0 Å². The minimum atomic E-state index is 0.532. The SMILES string of the molecule is CCCC(C)/C=C\O. The van der Waals surface area contributed by atoms with E-state index in [1.165, 1.54) is 6.42 Å². The summed E-state index contributed by atoms with van der Waals surface area (Å²) in [6.07, 6.45) is 5.28. The molecule has 0 heterocycles. The average Bonchev–Trinajstić information content (AvgIpc) is 1.68. The maximum absolute atomic E-state index is 8.28. The normalized spacial score (nSPS) is 14.8. The number of aliphatic hydroxyl groups is 1. The highest BCUT2D eigenvalue weighted by atomic mass is 16.2. The van der Waals surface area contributed by atoms with Crippen LogP contribution < -0.4 is 0 Å². The van der Waals surface area contributed by atoms with Crippen molar-refractivity contribution in [3.05, 3.63) is 12.3 Å². The number of allylic oxidation sites excluding steroid dienone is 1. The molecule has 1 heteroatoms. The summed E-state index contributed by atoms with van der Waals surface area (Å²) in [7, 11) is 0. The molecule has 0 aliphatic heterocycles. The van der Waals surface area contributed by atoms with Gasteiger partial charge >= 0.3 is 0 Å². The summed E-state index contributed by atoms with van der Waals surface area (Å²) in [6, 6.07) is 0. The fraction of sp³-hybridized carbons (Fsp3) is 0.714. The Balaban J connectivity index is 3.17. The van der Waals surface area contributed by atoms with Crippen LogP contribution in [0.15, 0.2) is 12.3 Å². The van der Waals surface area contributed by atoms with Gasteiger partial charge in [-0.25, -0.2) is 0 Å². The molecule has 0 saturated carbocycles. The lowest BCUT2D eigenvalue weighted by Crippen LogP contribution is -1.86. The maximum Gasteiger partial charge on any atom is 0.0754 e. The zero-order valence-corrected chi connectivity index (χ0v) is 5.59. The first-order valence-corrected chi connectivity index (χ1v) is 3.12. The smallest absolute Gasteiger partial charge is 0.0754 e. The Kier molecular flexibility index (Phi) is 4.42. The van der Waals surface area contributed by atoms with Gasteiger partial charge in [-0.1, -0.05) is 20.3 Å². The van der Waals surface area contributed by atoms with Gasteiger partial charge in [-0.05, 0) is 18.4 Å². The topological polar surface area (TPSA) is 20.2 Å². The first-order chi connectivity index (χ1) is 3.81. The largest absolute Gasteiger partial charge is 0.516 e. The molecule has 0 amide bonds. The number of rotatable bonds is 3. The molecule has 48 valence electrons. The number of aliphatic hydroxyl groups excluding tert-OH is 1. The summed E-state index contributed by atoms with van der Waals surface area (Å²) in [5, 5.41) is 8.28. The molecule has 0 saturated heterocycles. The molecule has 0 aromatic carbocycles. The molecule has 1 N–H and O–H groups in total. The van der Waals surface area contributed by atoms with Crippen molar-refractivity contribution in [2.24, 2.45) is 5.92 Å². The van der Waals surface area contributed by atoms with E-state index >= 15 is 0 Å². The summed E-state index contributed by atoms with van der Waals surface area (Å²) < 4.78 is 0. The van der Waals surface area contributed by atoms with Crippen LogP contribution in [0.4, 0.5) is 0 Å². The highest BCUT2D eigenvalue weighted by Crippen LogP contribution is 2.04. The molecule has 0 aromatic rings. The summed E-state index contributed by atoms with van der Waals surface area (Å²) in [4.78, 5) is 0. The Labute approximate surface area is 51.0 Å². The summed E-state index contributed by atoms with van der Waals surface area (Å²) in [6.45, 7) is 4.23. The molecule has 0 rings (SSSR count). The fourth-order valence-electron chi connectivity index (χ4n) is 0.698. The van der Waals surface area contributed by atoms with E-state index in [1.54, 1.807) is 0 Å². The second-order valence-corrected chi connectivity index (χ2v) is 2.11. The monoisotopic (exact) mass is 114 g/mol. The van der Waals surface area contributed by atoms with Crippen molar-refractivity contribution in [3.63, 3.8) is 0 Å². The lowest BCUT2D eigenvalue weighted by molar-refractivity contribution is 0.462. The van der Waals surface area contributed by atoms with Gasteiger partial charge in [0.05, 0.1) is 6.26 Å². The lowest BCUT2D eigenvalue weighted by Gasteiger charge is -1.99. The van der Waals surface area contributed by atoms with Crippen molar-refractivity contribution in [3.8, 4) is 0 Å². The Morgan fingerprint density at radius 2 is 2.25 bits per heavy atom. The van der Waals surface area contributed by atoms with E-state index in [1.807, 2.05) is 6.08 Å². The van der Waals surface area contributed by atoms with Crippen LogP contribution in [-0.2, 0) is 0 Å². The van der Waals surface area contributed by atoms with Crippen LogP contribution in [0.3, 0.4) is 0 Å².